The Morgan fingerprint density at radius 2 is 1.56 bits per heavy atom. The molecule has 3 rings (SSSR count). The molecule has 1 fully saturated rings. The summed E-state index contributed by atoms with van der Waals surface area (Å²) in [4.78, 5) is 31.9. The van der Waals surface area contributed by atoms with Gasteiger partial charge in [-0.2, -0.15) is 0 Å². The molecule has 0 spiro atoms. The number of nitrogens with one attached hydrogen (secondary N) is 1. The number of hydrogen-bond donors (Lipinski definition) is 3. The van der Waals surface area contributed by atoms with Crippen molar-refractivity contribution in [3.8, 4) is 0 Å². The van der Waals surface area contributed by atoms with E-state index in [1.807, 2.05) is 35.3 Å². The maximum atomic E-state index is 10.9. The second-order valence-electron chi connectivity index (χ2n) is 5.47. The fourth-order valence-corrected chi connectivity index (χ4v) is 2.31. The van der Waals surface area contributed by atoms with Gasteiger partial charge in [-0.15, -0.1) is 0 Å². The number of benzene rings is 2. The first-order valence-corrected chi connectivity index (χ1v) is 7.57. The Kier molecular flexibility index (Phi) is 5.73. The number of amides is 1. The first-order valence-electron chi connectivity index (χ1n) is 7.57. The van der Waals surface area contributed by atoms with E-state index in [-0.39, 0.29) is 17.0 Å². The van der Waals surface area contributed by atoms with Crippen LogP contribution < -0.4 is 10.4 Å². The van der Waals surface area contributed by atoms with E-state index in [2.05, 4.69) is 5.43 Å². The summed E-state index contributed by atoms with van der Waals surface area (Å²) in [5.74, 6) is -2.14. The number of aromatic carboxylic acids is 2. The Balaban J connectivity index is 0.000000181. The lowest BCUT2D eigenvalue weighted by atomic mass is 10.1. The zero-order valence-corrected chi connectivity index (χ0v) is 13.6. The Morgan fingerprint density at radius 3 is 2.00 bits per heavy atom. The van der Waals surface area contributed by atoms with Gasteiger partial charge in [-0.25, -0.2) is 9.59 Å². The number of hydrazine groups is 1. The molecule has 0 saturated carbocycles. The highest BCUT2D eigenvalue weighted by atomic mass is 16.4. The van der Waals surface area contributed by atoms with Gasteiger partial charge in [0.25, 0.3) is 0 Å². The molecule has 25 heavy (non-hydrogen) atoms. The maximum absolute atomic E-state index is 10.9. The van der Waals surface area contributed by atoms with Gasteiger partial charge < -0.3 is 10.2 Å². The van der Waals surface area contributed by atoms with Crippen molar-refractivity contribution >= 4 is 23.5 Å². The number of hydrogen-bond acceptors (Lipinski definition) is 4. The van der Waals surface area contributed by atoms with E-state index in [4.69, 9.17) is 10.2 Å². The number of aryl methyl sites for hydroxylation is 1. The minimum Gasteiger partial charge on any atom is -0.478 e. The quantitative estimate of drug-likeness (QED) is 0.790. The van der Waals surface area contributed by atoms with Gasteiger partial charge in [0.1, 0.15) is 0 Å². The van der Waals surface area contributed by atoms with E-state index in [9.17, 15) is 14.4 Å². The lowest BCUT2D eigenvalue weighted by Gasteiger charge is -2.16. The molecule has 130 valence electrons. The van der Waals surface area contributed by atoms with Crippen molar-refractivity contribution in [2.24, 2.45) is 0 Å². The molecule has 1 aliphatic heterocycles. The Bertz CT molecular complexity index is 757. The van der Waals surface area contributed by atoms with Gasteiger partial charge in [0, 0.05) is 13.0 Å². The van der Waals surface area contributed by atoms with Crippen LogP contribution >= 0.6 is 0 Å². The number of para-hydroxylation sites is 1. The van der Waals surface area contributed by atoms with Gasteiger partial charge in [0.15, 0.2) is 0 Å². The summed E-state index contributed by atoms with van der Waals surface area (Å²) in [5, 5.41) is 19.1. The van der Waals surface area contributed by atoms with Crippen molar-refractivity contribution < 1.29 is 24.6 Å². The Morgan fingerprint density at radius 1 is 1.00 bits per heavy atom. The molecule has 2 aromatic rings. The molecule has 1 heterocycles. The van der Waals surface area contributed by atoms with Crippen LogP contribution in [0.15, 0.2) is 48.5 Å². The lowest BCUT2D eigenvalue weighted by molar-refractivity contribution is -0.119. The molecule has 0 bridgehead atoms. The second-order valence-corrected chi connectivity index (χ2v) is 5.47. The number of rotatable bonds is 3. The van der Waals surface area contributed by atoms with Gasteiger partial charge in [-0.3, -0.25) is 15.2 Å². The van der Waals surface area contributed by atoms with Crippen molar-refractivity contribution in [3.05, 3.63) is 65.2 Å². The van der Waals surface area contributed by atoms with E-state index >= 15 is 0 Å². The fraction of sp³-hybridized carbons (Fsp3) is 0.167. The van der Waals surface area contributed by atoms with Crippen LogP contribution in [0.1, 0.15) is 32.7 Å². The monoisotopic (exact) mass is 342 g/mol. The highest BCUT2D eigenvalue weighted by Crippen LogP contribution is 2.14. The van der Waals surface area contributed by atoms with Gasteiger partial charge in [0.2, 0.25) is 5.91 Å². The Labute approximate surface area is 144 Å². The van der Waals surface area contributed by atoms with Crippen LogP contribution in [0.4, 0.5) is 5.69 Å². The van der Waals surface area contributed by atoms with E-state index in [0.29, 0.717) is 12.0 Å². The maximum Gasteiger partial charge on any atom is 0.335 e. The van der Waals surface area contributed by atoms with Crippen molar-refractivity contribution in [3.63, 3.8) is 0 Å². The molecule has 0 aliphatic carbocycles. The van der Waals surface area contributed by atoms with Crippen molar-refractivity contribution in [2.75, 3.05) is 11.6 Å². The average Bonchev–Trinajstić information content (AvgIpc) is 3.02. The largest absolute Gasteiger partial charge is 0.478 e. The van der Waals surface area contributed by atoms with E-state index < -0.39 is 11.9 Å². The van der Waals surface area contributed by atoms with Gasteiger partial charge in [-0.1, -0.05) is 18.2 Å². The Hall–Kier alpha value is -3.35. The molecule has 0 radical (unpaired) electrons. The highest BCUT2D eigenvalue weighted by molar-refractivity contribution is 5.94. The van der Waals surface area contributed by atoms with Crippen LogP contribution in [-0.4, -0.2) is 34.6 Å². The molecule has 1 amide bonds. The van der Waals surface area contributed by atoms with E-state index in [1.165, 1.54) is 12.1 Å². The van der Waals surface area contributed by atoms with Crippen LogP contribution in [0.25, 0.3) is 0 Å². The fourth-order valence-electron chi connectivity index (χ4n) is 2.31. The third kappa shape index (κ3) is 5.07. The molecule has 3 N–H and O–H groups in total. The molecule has 7 nitrogen and oxygen atoms in total. The highest BCUT2D eigenvalue weighted by Gasteiger charge is 2.17. The number of carbonyl (C=O) groups is 3. The van der Waals surface area contributed by atoms with Crippen molar-refractivity contribution in [1.29, 1.82) is 0 Å². The summed E-state index contributed by atoms with van der Waals surface area (Å²) < 4.78 is 0. The first-order chi connectivity index (χ1) is 11.9. The van der Waals surface area contributed by atoms with Gasteiger partial charge in [0.05, 0.1) is 16.8 Å². The van der Waals surface area contributed by atoms with Crippen molar-refractivity contribution in [2.45, 2.75) is 13.3 Å². The number of carboxylic acid groups (broad SMARTS) is 2. The first kappa shape index (κ1) is 18.0. The lowest BCUT2D eigenvalue weighted by Crippen LogP contribution is -2.32. The van der Waals surface area contributed by atoms with E-state index in [1.54, 1.807) is 6.92 Å². The normalized spacial score (nSPS) is 12.8. The van der Waals surface area contributed by atoms with E-state index in [0.717, 1.165) is 18.3 Å². The number of anilines is 1. The van der Waals surface area contributed by atoms with Crippen LogP contribution in [-0.2, 0) is 4.79 Å². The predicted molar refractivity (Wildman–Crippen MR) is 91.6 cm³/mol. The minimum absolute atomic E-state index is 0.00241. The topological polar surface area (TPSA) is 107 Å². The van der Waals surface area contributed by atoms with Crippen LogP contribution in [0, 0.1) is 6.92 Å². The molecular formula is C18H18N2O5. The third-order valence-electron chi connectivity index (χ3n) is 3.46. The summed E-state index contributed by atoms with van der Waals surface area (Å²) in [5.41, 5.74) is 4.43. The smallest absolute Gasteiger partial charge is 0.335 e. The molecule has 0 atom stereocenters. The zero-order valence-electron chi connectivity index (χ0n) is 13.6. The predicted octanol–water partition coefficient (Wildman–Crippen LogP) is 2.32. The van der Waals surface area contributed by atoms with Crippen LogP contribution in [0.5, 0.6) is 0 Å². The van der Waals surface area contributed by atoms with Crippen LogP contribution in [0.3, 0.4) is 0 Å². The molecule has 1 saturated heterocycles. The SMILES string of the molecule is Cc1cc(C(=O)O)cc(C(=O)O)c1.O=C1CCN(c2ccccc2)N1. The molecule has 1 aliphatic rings. The molecule has 7 heteroatoms. The molecular weight excluding hydrogens is 324 g/mol. The standard InChI is InChI=1S/C9H10N2O.C9H8O4/c12-9-6-7-11(10-9)8-4-2-1-3-5-8;1-5-2-6(8(10)11)4-7(3-5)9(12)13/h1-5H,6-7H2,(H,10,12);2-4H,1H3,(H,10,11)(H,12,13). The average molecular weight is 342 g/mol. The summed E-state index contributed by atoms with van der Waals surface area (Å²) in [7, 11) is 0. The summed E-state index contributed by atoms with van der Waals surface area (Å²) in [6.07, 6.45) is 0.592. The van der Waals surface area contributed by atoms with Gasteiger partial charge >= 0.3 is 11.9 Å². The number of nitrogens with zero attached hydrogens (tertiary/aromatic N) is 1. The summed E-state index contributed by atoms with van der Waals surface area (Å²) in [6, 6.07) is 13.8. The summed E-state index contributed by atoms with van der Waals surface area (Å²) >= 11 is 0. The zero-order chi connectivity index (χ0) is 18.4. The van der Waals surface area contributed by atoms with Crippen molar-refractivity contribution in [1.82, 2.24) is 5.43 Å². The summed E-state index contributed by atoms with van der Waals surface area (Å²) in [6.45, 7) is 2.42. The number of carbonyl (C=O) groups excluding carboxylic acids is 1. The molecule has 0 unspecified atom stereocenters. The van der Waals surface area contributed by atoms with Gasteiger partial charge in [-0.05, 0) is 42.8 Å². The minimum atomic E-state index is -1.12. The second kappa shape index (κ2) is 7.96. The number of carboxylic acids is 2. The molecule has 0 aromatic heterocycles. The van der Waals surface area contributed by atoms with Crippen LogP contribution in [0.2, 0.25) is 0 Å². The molecule has 2 aromatic carbocycles. The third-order valence-corrected chi connectivity index (χ3v) is 3.46.